The zero-order valence-electron chi connectivity index (χ0n) is 13.8. The van der Waals surface area contributed by atoms with Crippen molar-refractivity contribution in [2.75, 3.05) is 26.5 Å². The van der Waals surface area contributed by atoms with Crippen LogP contribution < -0.4 is 0 Å². The Bertz CT molecular complexity index is 497. The van der Waals surface area contributed by atoms with Gasteiger partial charge in [0.05, 0.1) is 12.3 Å². The Balaban J connectivity index is 1.71. The van der Waals surface area contributed by atoms with Gasteiger partial charge in [0.15, 0.2) is 12.6 Å². The van der Waals surface area contributed by atoms with E-state index in [0.29, 0.717) is 0 Å². The van der Waals surface area contributed by atoms with E-state index in [1.54, 1.807) is 0 Å². The molecule has 0 radical (unpaired) electrons. The Kier molecular flexibility index (Phi) is 5.88. The molecule has 3 aliphatic rings. The van der Waals surface area contributed by atoms with Crippen molar-refractivity contribution in [3.8, 4) is 0 Å². The van der Waals surface area contributed by atoms with Crippen LogP contribution in [0.5, 0.6) is 0 Å². The monoisotopic (exact) mass is 381 g/mol. The minimum absolute atomic E-state index is 0.00505. The first-order valence-corrected chi connectivity index (χ1v) is 8.93. The summed E-state index contributed by atoms with van der Waals surface area (Å²) in [7, 11) is 2.69. The van der Waals surface area contributed by atoms with Gasteiger partial charge in [0.25, 0.3) is 0 Å². The highest BCUT2D eigenvalue weighted by atomic mass is 32.2. The molecule has 1 amide bonds. The molecule has 3 rings (SSSR count). The molecule has 3 aliphatic heterocycles. The average molecular weight is 381 g/mol. The van der Waals surface area contributed by atoms with E-state index >= 15 is 0 Å². The molecule has 0 bridgehead atoms. The van der Waals surface area contributed by atoms with Crippen molar-refractivity contribution >= 4 is 17.7 Å². The fourth-order valence-corrected chi connectivity index (χ4v) is 4.58. The highest BCUT2D eigenvalue weighted by molar-refractivity contribution is 8.01. The zero-order valence-corrected chi connectivity index (χ0v) is 14.6. The maximum absolute atomic E-state index is 12.3. The van der Waals surface area contributed by atoms with Crippen LogP contribution in [-0.4, -0.2) is 112 Å². The summed E-state index contributed by atoms with van der Waals surface area (Å²) in [6.07, 6.45) is -8.51. The standard InChI is InChI=1S/C14H23NO9S/c1-21-13-9(19)7(17)5(23-13)3-15-6(16)4-25-12(15)11-8(18)10(20)14(22-2)24-11/h5,7-14,17-20H,3-4H2,1-2H3/t5-,7-,8+,9-,10-,11+,12?,13-,14-/m1/s1. The van der Waals surface area contributed by atoms with Crippen molar-refractivity contribution in [1.29, 1.82) is 0 Å². The molecular weight excluding hydrogens is 358 g/mol. The molecule has 144 valence electrons. The van der Waals surface area contributed by atoms with Crippen LogP contribution in [0.1, 0.15) is 0 Å². The van der Waals surface area contributed by atoms with Crippen molar-refractivity contribution in [2.24, 2.45) is 0 Å². The van der Waals surface area contributed by atoms with Gasteiger partial charge in [-0.3, -0.25) is 4.79 Å². The largest absolute Gasteiger partial charge is 0.387 e. The Hall–Kier alpha value is -0.500. The molecule has 0 aromatic heterocycles. The minimum atomic E-state index is -1.22. The molecule has 0 spiro atoms. The van der Waals surface area contributed by atoms with Gasteiger partial charge in [0, 0.05) is 14.2 Å². The van der Waals surface area contributed by atoms with Crippen molar-refractivity contribution in [3.05, 3.63) is 0 Å². The summed E-state index contributed by atoms with van der Waals surface area (Å²) in [6, 6.07) is 0. The number of rotatable bonds is 5. The van der Waals surface area contributed by atoms with Crippen LogP contribution >= 0.6 is 11.8 Å². The summed E-state index contributed by atoms with van der Waals surface area (Å²) in [6.45, 7) is -0.00505. The van der Waals surface area contributed by atoms with Gasteiger partial charge in [-0.05, 0) is 0 Å². The van der Waals surface area contributed by atoms with Crippen molar-refractivity contribution in [3.63, 3.8) is 0 Å². The van der Waals surface area contributed by atoms with Crippen molar-refractivity contribution in [2.45, 2.75) is 54.6 Å². The van der Waals surface area contributed by atoms with Crippen LogP contribution in [0.25, 0.3) is 0 Å². The average Bonchev–Trinajstić information content (AvgIpc) is 3.19. The quantitative estimate of drug-likeness (QED) is 0.392. The van der Waals surface area contributed by atoms with Crippen LogP contribution in [0.4, 0.5) is 0 Å². The summed E-state index contributed by atoms with van der Waals surface area (Å²) in [4.78, 5) is 13.7. The number of aliphatic hydroxyl groups excluding tert-OH is 4. The Labute approximate surface area is 148 Å². The van der Waals surface area contributed by atoms with E-state index in [-0.39, 0.29) is 18.2 Å². The molecule has 10 nitrogen and oxygen atoms in total. The Morgan fingerprint density at radius 2 is 1.64 bits per heavy atom. The molecule has 9 atom stereocenters. The summed E-state index contributed by atoms with van der Waals surface area (Å²) in [5, 5.41) is 39.5. The van der Waals surface area contributed by atoms with Gasteiger partial charge < -0.3 is 44.3 Å². The fourth-order valence-electron chi connectivity index (χ4n) is 3.31. The van der Waals surface area contributed by atoms with Crippen LogP contribution in [0.2, 0.25) is 0 Å². The molecule has 1 unspecified atom stereocenters. The third-order valence-corrected chi connectivity index (χ3v) is 5.98. The third kappa shape index (κ3) is 3.40. The SMILES string of the molecule is CO[C@@H]1O[C@H](C2SCC(=O)N2C[C@H]2O[C@@H](OC)[C@H](O)[C@@H]2O)[C@@H](O)[C@H]1O. The van der Waals surface area contributed by atoms with Gasteiger partial charge >= 0.3 is 0 Å². The maximum Gasteiger partial charge on any atom is 0.233 e. The lowest BCUT2D eigenvalue weighted by Gasteiger charge is -2.31. The normalized spacial score (nSPS) is 47.8. The first kappa shape index (κ1) is 19.3. The lowest BCUT2D eigenvalue weighted by atomic mass is 10.1. The van der Waals surface area contributed by atoms with Gasteiger partial charge in [0.1, 0.15) is 42.0 Å². The first-order chi connectivity index (χ1) is 11.9. The van der Waals surface area contributed by atoms with E-state index in [0.717, 1.165) is 0 Å². The van der Waals surface area contributed by atoms with E-state index < -0.39 is 54.6 Å². The van der Waals surface area contributed by atoms with Gasteiger partial charge in [0.2, 0.25) is 5.91 Å². The predicted octanol–water partition coefficient (Wildman–Crippen LogP) is -2.93. The van der Waals surface area contributed by atoms with Crippen LogP contribution in [0.15, 0.2) is 0 Å². The Morgan fingerprint density at radius 1 is 1.04 bits per heavy atom. The molecular formula is C14H23NO9S. The lowest BCUT2D eigenvalue weighted by molar-refractivity contribution is -0.162. The number of nitrogens with zero attached hydrogens (tertiary/aromatic N) is 1. The number of aliphatic hydroxyl groups is 4. The fraction of sp³-hybridized carbons (Fsp3) is 0.929. The molecule has 3 heterocycles. The summed E-state index contributed by atoms with van der Waals surface area (Å²) < 4.78 is 20.9. The second kappa shape index (κ2) is 7.62. The second-order valence-corrected chi connectivity index (χ2v) is 7.30. The Morgan fingerprint density at radius 3 is 2.20 bits per heavy atom. The molecule has 11 heteroatoms. The zero-order chi connectivity index (χ0) is 18.3. The van der Waals surface area contributed by atoms with Gasteiger partial charge in [-0.15, -0.1) is 11.8 Å². The maximum atomic E-state index is 12.3. The number of carbonyl (C=O) groups is 1. The molecule has 3 fully saturated rings. The number of hydrogen-bond acceptors (Lipinski definition) is 10. The van der Waals surface area contributed by atoms with Gasteiger partial charge in [-0.2, -0.15) is 0 Å². The van der Waals surface area contributed by atoms with E-state index in [4.69, 9.17) is 18.9 Å². The lowest BCUT2D eigenvalue weighted by Crippen LogP contribution is -2.50. The van der Waals surface area contributed by atoms with Crippen LogP contribution in [0, 0.1) is 0 Å². The van der Waals surface area contributed by atoms with Crippen LogP contribution in [-0.2, 0) is 23.7 Å². The van der Waals surface area contributed by atoms with Crippen molar-refractivity contribution in [1.82, 2.24) is 4.90 Å². The first-order valence-electron chi connectivity index (χ1n) is 7.89. The smallest absolute Gasteiger partial charge is 0.233 e. The molecule has 25 heavy (non-hydrogen) atoms. The third-order valence-electron chi connectivity index (χ3n) is 4.70. The highest BCUT2D eigenvalue weighted by Crippen LogP contribution is 2.37. The number of carbonyl (C=O) groups excluding carboxylic acids is 1. The molecule has 3 saturated heterocycles. The number of thioether (sulfide) groups is 1. The van der Waals surface area contributed by atoms with E-state index in [2.05, 4.69) is 0 Å². The topological polar surface area (TPSA) is 138 Å². The number of ether oxygens (including phenoxy) is 4. The van der Waals surface area contributed by atoms with Crippen molar-refractivity contribution < 1.29 is 44.2 Å². The predicted molar refractivity (Wildman–Crippen MR) is 83.3 cm³/mol. The van der Waals surface area contributed by atoms with E-state index in [9.17, 15) is 25.2 Å². The molecule has 0 aliphatic carbocycles. The summed E-state index contributed by atoms with van der Waals surface area (Å²) in [5.41, 5.74) is 0. The molecule has 0 aromatic carbocycles. The molecule has 4 N–H and O–H groups in total. The highest BCUT2D eigenvalue weighted by Gasteiger charge is 2.52. The van der Waals surface area contributed by atoms with E-state index in [1.165, 1.54) is 30.9 Å². The van der Waals surface area contributed by atoms with E-state index in [1.807, 2.05) is 0 Å². The van der Waals surface area contributed by atoms with Gasteiger partial charge in [-0.25, -0.2) is 0 Å². The number of amides is 1. The van der Waals surface area contributed by atoms with Crippen LogP contribution in [0.3, 0.4) is 0 Å². The van der Waals surface area contributed by atoms with Gasteiger partial charge in [-0.1, -0.05) is 0 Å². The second-order valence-electron chi connectivity index (χ2n) is 6.19. The molecule has 0 saturated carbocycles. The summed E-state index contributed by atoms with van der Waals surface area (Å²) >= 11 is 1.26. The summed E-state index contributed by atoms with van der Waals surface area (Å²) in [5.74, 6) is -0.0448. The minimum Gasteiger partial charge on any atom is -0.387 e. The number of hydrogen-bond donors (Lipinski definition) is 4. The number of methoxy groups -OCH3 is 2. The molecule has 0 aromatic rings.